The van der Waals surface area contributed by atoms with Gasteiger partial charge in [0.2, 0.25) is 11.8 Å². The van der Waals surface area contributed by atoms with Gasteiger partial charge in [-0.2, -0.15) is 0 Å². The fourth-order valence-electron chi connectivity index (χ4n) is 2.83. The molecule has 0 aliphatic carbocycles. The number of hydrogen-bond donors (Lipinski definition) is 0. The Labute approximate surface area is 137 Å². The fourth-order valence-corrected chi connectivity index (χ4v) is 2.83. The first-order chi connectivity index (χ1) is 10.9. The lowest BCUT2D eigenvalue weighted by molar-refractivity contribution is -0.149. The minimum absolute atomic E-state index is 0.175. The third-order valence-electron chi connectivity index (χ3n) is 4.06. The van der Waals surface area contributed by atoms with E-state index < -0.39 is 11.9 Å². The molecule has 1 atom stereocenters. The first-order valence-electron chi connectivity index (χ1n) is 8.08. The number of aryl methyl sites for hydroxylation is 1. The van der Waals surface area contributed by atoms with Crippen molar-refractivity contribution in [3.05, 3.63) is 35.9 Å². The molecule has 1 heterocycles. The predicted octanol–water partition coefficient (Wildman–Crippen LogP) is 2.70. The summed E-state index contributed by atoms with van der Waals surface area (Å²) in [5.74, 6) is -1.29. The van der Waals surface area contributed by atoms with Crippen molar-refractivity contribution >= 4 is 17.8 Å². The van der Waals surface area contributed by atoms with Gasteiger partial charge in [0.1, 0.15) is 5.92 Å². The van der Waals surface area contributed by atoms with Crippen molar-refractivity contribution in [1.29, 1.82) is 0 Å². The van der Waals surface area contributed by atoms with E-state index >= 15 is 0 Å². The average molecular weight is 316 g/mol. The Morgan fingerprint density at radius 3 is 2.30 bits per heavy atom. The van der Waals surface area contributed by atoms with Crippen molar-refractivity contribution in [3.63, 3.8) is 0 Å². The second-order valence-corrected chi connectivity index (χ2v) is 6.45. The maximum Gasteiger partial charge on any atom is 0.333 e. The van der Waals surface area contributed by atoms with E-state index in [0.717, 1.165) is 17.7 Å². The zero-order valence-corrected chi connectivity index (χ0v) is 14.0. The number of imide groups is 2. The Kier molecular flexibility index (Phi) is 5.53. The van der Waals surface area contributed by atoms with Crippen LogP contribution >= 0.6 is 0 Å². The van der Waals surface area contributed by atoms with Crippen LogP contribution < -0.4 is 0 Å². The van der Waals surface area contributed by atoms with Gasteiger partial charge in [-0.15, -0.1) is 0 Å². The number of benzene rings is 1. The number of rotatable bonds is 6. The fraction of sp³-hybridized carbons (Fsp3) is 0.500. The van der Waals surface area contributed by atoms with Gasteiger partial charge in [-0.05, 0) is 30.7 Å². The average Bonchev–Trinajstić information content (AvgIpc) is 2.54. The highest BCUT2D eigenvalue weighted by Crippen LogP contribution is 2.22. The van der Waals surface area contributed by atoms with E-state index in [1.807, 2.05) is 44.2 Å². The summed E-state index contributed by atoms with van der Waals surface area (Å²) in [5, 5.41) is 0. The lowest BCUT2D eigenvalue weighted by Crippen LogP contribution is -2.59. The summed E-state index contributed by atoms with van der Waals surface area (Å²) >= 11 is 0. The largest absolute Gasteiger partial charge is 0.333 e. The van der Waals surface area contributed by atoms with Gasteiger partial charge in [-0.3, -0.25) is 19.4 Å². The van der Waals surface area contributed by atoms with Crippen molar-refractivity contribution in [3.8, 4) is 0 Å². The molecule has 1 aliphatic heterocycles. The Hall–Kier alpha value is -2.17. The van der Waals surface area contributed by atoms with Crippen molar-refractivity contribution in [1.82, 2.24) is 9.80 Å². The lowest BCUT2D eigenvalue weighted by Gasteiger charge is -2.35. The van der Waals surface area contributed by atoms with Crippen LogP contribution in [0.15, 0.2) is 30.3 Å². The topological polar surface area (TPSA) is 57.7 Å². The van der Waals surface area contributed by atoms with E-state index in [9.17, 15) is 14.4 Å². The van der Waals surface area contributed by atoms with Crippen molar-refractivity contribution < 1.29 is 14.4 Å². The first-order valence-corrected chi connectivity index (χ1v) is 8.08. The molecule has 0 N–H and O–H groups in total. The van der Waals surface area contributed by atoms with Gasteiger partial charge >= 0.3 is 6.03 Å². The zero-order valence-electron chi connectivity index (χ0n) is 14.0. The summed E-state index contributed by atoms with van der Waals surface area (Å²) in [6.45, 7) is 4.24. The summed E-state index contributed by atoms with van der Waals surface area (Å²) in [5.41, 5.74) is 1.19. The van der Waals surface area contributed by atoms with E-state index in [1.54, 1.807) is 0 Å². The summed E-state index contributed by atoms with van der Waals surface area (Å²) in [4.78, 5) is 39.2. The lowest BCUT2D eigenvalue weighted by atomic mass is 9.95. The molecule has 5 nitrogen and oxygen atoms in total. The SMILES string of the molecule is CC(C)CN1C(=O)C(CCCc2ccccc2)C(=O)N(C)C1=O. The molecule has 0 saturated carbocycles. The minimum Gasteiger partial charge on any atom is -0.273 e. The number of nitrogens with zero attached hydrogens (tertiary/aromatic N) is 2. The first kappa shape index (κ1) is 17.2. The van der Waals surface area contributed by atoms with Crippen LogP contribution in [0.1, 0.15) is 32.3 Å². The van der Waals surface area contributed by atoms with Gasteiger partial charge in [0, 0.05) is 13.6 Å². The summed E-state index contributed by atoms with van der Waals surface area (Å²) < 4.78 is 0. The molecule has 1 saturated heterocycles. The number of carbonyl (C=O) groups excluding carboxylic acids is 3. The van der Waals surface area contributed by atoms with Crippen molar-refractivity contribution in [2.75, 3.05) is 13.6 Å². The quantitative estimate of drug-likeness (QED) is 0.758. The molecule has 1 aromatic rings. The second kappa shape index (κ2) is 7.40. The van der Waals surface area contributed by atoms with Gasteiger partial charge in [0.25, 0.3) is 0 Å². The molecule has 2 rings (SSSR count). The Morgan fingerprint density at radius 2 is 1.70 bits per heavy atom. The van der Waals surface area contributed by atoms with E-state index in [4.69, 9.17) is 0 Å². The standard InChI is InChI=1S/C18H24N2O3/c1-13(2)12-20-17(22)15(16(21)19(3)18(20)23)11-7-10-14-8-5-4-6-9-14/h4-6,8-9,13,15H,7,10-12H2,1-3H3. The minimum atomic E-state index is -0.736. The molecule has 0 radical (unpaired) electrons. The van der Waals surface area contributed by atoms with Crippen LogP contribution in [0, 0.1) is 11.8 Å². The smallest absolute Gasteiger partial charge is 0.273 e. The molecule has 1 unspecified atom stereocenters. The highest BCUT2D eigenvalue weighted by molar-refractivity contribution is 6.15. The van der Waals surface area contributed by atoms with Crippen molar-refractivity contribution in [2.24, 2.45) is 11.8 Å². The molecule has 23 heavy (non-hydrogen) atoms. The monoisotopic (exact) mass is 316 g/mol. The molecule has 4 amide bonds. The van der Waals surface area contributed by atoms with Crippen LogP contribution in [-0.4, -0.2) is 41.2 Å². The molecule has 1 aromatic carbocycles. The van der Waals surface area contributed by atoms with Gasteiger partial charge in [0.15, 0.2) is 0 Å². The summed E-state index contributed by atoms with van der Waals surface area (Å²) in [6.07, 6.45) is 2.03. The molecule has 0 bridgehead atoms. The predicted molar refractivity (Wildman–Crippen MR) is 87.6 cm³/mol. The molecule has 0 aromatic heterocycles. The van der Waals surface area contributed by atoms with E-state index in [0.29, 0.717) is 13.0 Å². The maximum absolute atomic E-state index is 12.5. The van der Waals surface area contributed by atoms with Crippen LogP contribution in [0.4, 0.5) is 4.79 Å². The van der Waals surface area contributed by atoms with Gasteiger partial charge in [-0.25, -0.2) is 4.79 Å². The number of barbiturate groups is 1. The van der Waals surface area contributed by atoms with E-state index in [1.165, 1.54) is 17.5 Å². The van der Waals surface area contributed by atoms with E-state index in [-0.39, 0.29) is 17.7 Å². The molecule has 124 valence electrons. The van der Waals surface area contributed by atoms with Crippen LogP contribution in [0.5, 0.6) is 0 Å². The number of urea groups is 1. The van der Waals surface area contributed by atoms with Crippen LogP contribution in [0.3, 0.4) is 0 Å². The zero-order chi connectivity index (χ0) is 17.0. The Bertz CT molecular complexity index is 583. The maximum atomic E-state index is 12.5. The van der Waals surface area contributed by atoms with Gasteiger partial charge in [-0.1, -0.05) is 44.2 Å². The van der Waals surface area contributed by atoms with Gasteiger partial charge < -0.3 is 0 Å². The van der Waals surface area contributed by atoms with Gasteiger partial charge in [0.05, 0.1) is 0 Å². The highest BCUT2D eigenvalue weighted by Gasteiger charge is 2.43. The normalized spacial score (nSPS) is 19.0. The molecule has 5 heteroatoms. The second-order valence-electron chi connectivity index (χ2n) is 6.45. The van der Waals surface area contributed by atoms with Crippen LogP contribution in [-0.2, 0) is 16.0 Å². The number of hydrogen-bond acceptors (Lipinski definition) is 3. The summed E-state index contributed by atoms with van der Waals surface area (Å²) in [7, 11) is 1.45. The molecule has 0 spiro atoms. The van der Waals surface area contributed by atoms with E-state index in [2.05, 4.69) is 0 Å². The molecule has 1 fully saturated rings. The third kappa shape index (κ3) is 3.97. The number of amides is 4. The molecular weight excluding hydrogens is 292 g/mol. The third-order valence-corrected chi connectivity index (χ3v) is 4.06. The Morgan fingerprint density at radius 1 is 1.04 bits per heavy atom. The van der Waals surface area contributed by atoms with Crippen molar-refractivity contribution in [2.45, 2.75) is 33.1 Å². The molecular formula is C18H24N2O3. The van der Waals surface area contributed by atoms with Crippen LogP contribution in [0.2, 0.25) is 0 Å². The Balaban J connectivity index is 2.02. The highest BCUT2D eigenvalue weighted by atomic mass is 16.2. The summed E-state index contributed by atoms with van der Waals surface area (Å²) in [6, 6.07) is 9.47. The molecule has 1 aliphatic rings. The number of carbonyl (C=O) groups is 3. The van der Waals surface area contributed by atoms with Crippen LogP contribution in [0.25, 0.3) is 0 Å².